The van der Waals surface area contributed by atoms with E-state index >= 15 is 0 Å². The highest BCUT2D eigenvalue weighted by Gasteiger charge is 2.28. The molecule has 2 nitrogen and oxygen atoms in total. The van der Waals surface area contributed by atoms with Gasteiger partial charge in [0.25, 0.3) is 0 Å². The van der Waals surface area contributed by atoms with E-state index in [2.05, 4.69) is 30.8 Å². The lowest BCUT2D eigenvalue weighted by atomic mass is 9.95. The summed E-state index contributed by atoms with van der Waals surface area (Å²) in [5.74, 6) is 0. The predicted octanol–water partition coefficient (Wildman–Crippen LogP) is 3.37. The maximum atomic E-state index is 6.11. The molecule has 98 valence electrons. The highest BCUT2D eigenvalue weighted by Crippen LogP contribution is 2.26. The largest absolute Gasteiger partial charge is 0.381 e. The van der Waals surface area contributed by atoms with Gasteiger partial charge in [-0.05, 0) is 18.4 Å². The fourth-order valence-corrected chi connectivity index (χ4v) is 2.60. The van der Waals surface area contributed by atoms with Crippen molar-refractivity contribution in [3.63, 3.8) is 0 Å². The molecule has 1 heterocycles. The van der Waals surface area contributed by atoms with E-state index in [0.29, 0.717) is 6.10 Å². The molecule has 1 aromatic rings. The summed E-state index contributed by atoms with van der Waals surface area (Å²) in [6.45, 7) is 3.79. The molecule has 1 fully saturated rings. The zero-order chi connectivity index (χ0) is 12.8. The van der Waals surface area contributed by atoms with E-state index in [-0.39, 0.29) is 12.2 Å². The molecule has 0 spiro atoms. The average Bonchev–Trinajstić information content (AvgIpc) is 2.40. The van der Waals surface area contributed by atoms with Gasteiger partial charge in [0.1, 0.15) is 0 Å². The van der Waals surface area contributed by atoms with Crippen LogP contribution in [0.5, 0.6) is 0 Å². The standard InChI is InChI=1S/C16H22O2/c1-3-7-14-11-15(17-2)12-16(18-14)10-13-8-5-4-6-9-13/h3-6,8-9,14-16H,1,7,10-12H2,2H3/t14-,15-,16+/m0/s1. The molecule has 2 rings (SSSR count). The third-order valence-electron chi connectivity index (χ3n) is 3.51. The Bertz CT molecular complexity index is 361. The van der Waals surface area contributed by atoms with Crippen LogP contribution in [-0.2, 0) is 15.9 Å². The van der Waals surface area contributed by atoms with Crippen LogP contribution in [0.25, 0.3) is 0 Å². The molecule has 0 unspecified atom stereocenters. The number of methoxy groups -OCH3 is 1. The van der Waals surface area contributed by atoms with Gasteiger partial charge < -0.3 is 9.47 Å². The van der Waals surface area contributed by atoms with Crippen molar-refractivity contribution in [1.29, 1.82) is 0 Å². The van der Waals surface area contributed by atoms with Gasteiger partial charge in [-0.25, -0.2) is 0 Å². The zero-order valence-electron chi connectivity index (χ0n) is 11.0. The molecule has 0 bridgehead atoms. The first-order chi connectivity index (χ1) is 8.81. The summed E-state index contributed by atoms with van der Waals surface area (Å²) in [6, 6.07) is 10.5. The molecule has 0 aromatic heterocycles. The van der Waals surface area contributed by atoms with Gasteiger partial charge in [0.2, 0.25) is 0 Å². The van der Waals surface area contributed by atoms with E-state index in [1.54, 1.807) is 7.11 Å². The molecule has 1 aromatic carbocycles. The van der Waals surface area contributed by atoms with Crippen LogP contribution in [0, 0.1) is 0 Å². The normalized spacial score (nSPS) is 27.9. The van der Waals surface area contributed by atoms with Crippen molar-refractivity contribution < 1.29 is 9.47 Å². The monoisotopic (exact) mass is 246 g/mol. The van der Waals surface area contributed by atoms with E-state index in [4.69, 9.17) is 9.47 Å². The first-order valence-electron chi connectivity index (χ1n) is 6.65. The third-order valence-corrected chi connectivity index (χ3v) is 3.51. The van der Waals surface area contributed by atoms with Crippen LogP contribution in [0.3, 0.4) is 0 Å². The summed E-state index contributed by atoms with van der Waals surface area (Å²) < 4.78 is 11.6. The Morgan fingerprint density at radius 3 is 2.67 bits per heavy atom. The summed E-state index contributed by atoms with van der Waals surface area (Å²) in [5.41, 5.74) is 1.33. The summed E-state index contributed by atoms with van der Waals surface area (Å²) in [7, 11) is 1.79. The van der Waals surface area contributed by atoms with Crippen molar-refractivity contribution in [1.82, 2.24) is 0 Å². The SMILES string of the molecule is C=CC[C@H]1C[C@H](OC)C[C@@H](Cc2ccccc2)O1. The molecule has 0 aliphatic carbocycles. The minimum atomic E-state index is 0.259. The Labute approximate surface area is 110 Å². The second-order valence-electron chi connectivity index (χ2n) is 4.92. The van der Waals surface area contributed by atoms with Gasteiger partial charge in [-0.3, -0.25) is 0 Å². The van der Waals surface area contributed by atoms with Crippen LogP contribution < -0.4 is 0 Å². The molecule has 0 amide bonds. The molecule has 0 N–H and O–H groups in total. The summed E-state index contributed by atoms with van der Waals surface area (Å²) in [6.07, 6.45) is 6.61. The Morgan fingerprint density at radius 1 is 1.28 bits per heavy atom. The van der Waals surface area contributed by atoms with Crippen molar-refractivity contribution >= 4 is 0 Å². The van der Waals surface area contributed by atoms with Crippen molar-refractivity contribution in [2.24, 2.45) is 0 Å². The van der Waals surface area contributed by atoms with Crippen LogP contribution in [-0.4, -0.2) is 25.4 Å². The van der Waals surface area contributed by atoms with Crippen LogP contribution in [0.2, 0.25) is 0 Å². The van der Waals surface area contributed by atoms with Crippen LogP contribution in [0.4, 0.5) is 0 Å². The van der Waals surface area contributed by atoms with E-state index in [1.165, 1.54) is 5.56 Å². The van der Waals surface area contributed by atoms with Crippen LogP contribution >= 0.6 is 0 Å². The van der Waals surface area contributed by atoms with E-state index in [9.17, 15) is 0 Å². The van der Waals surface area contributed by atoms with E-state index < -0.39 is 0 Å². The number of benzene rings is 1. The molecule has 0 radical (unpaired) electrons. The van der Waals surface area contributed by atoms with Gasteiger partial charge in [0, 0.05) is 20.0 Å². The smallest absolute Gasteiger partial charge is 0.0644 e. The summed E-state index contributed by atoms with van der Waals surface area (Å²) in [4.78, 5) is 0. The maximum Gasteiger partial charge on any atom is 0.0644 e. The van der Waals surface area contributed by atoms with Crippen LogP contribution in [0.15, 0.2) is 43.0 Å². The molecule has 1 aliphatic rings. The Kier molecular flexibility index (Phi) is 4.97. The molecular weight excluding hydrogens is 224 g/mol. The van der Waals surface area contributed by atoms with Gasteiger partial charge >= 0.3 is 0 Å². The lowest BCUT2D eigenvalue weighted by Gasteiger charge is -2.34. The first kappa shape index (κ1) is 13.3. The Hall–Kier alpha value is -1.12. The minimum absolute atomic E-state index is 0.259. The lowest BCUT2D eigenvalue weighted by Crippen LogP contribution is -2.37. The van der Waals surface area contributed by atoms with Crippen molar-refractivity contribution in [3.8, 4) is 0 Å². The predicted molar refractivity (Wildman–Crippen MR) is 73.7 cm³/mol. The highest BCUT2D eigenvalue weighted by atomic mass is 16.5. The summed E-state index contributed by atoms with van der Waals surface area (Å²) >= 11 is 0. The minimum Gasteiger partial charge on any atom is -0.381 e. The summed E-state index contributed by atoms with van der Waals surface area (Å²) in [5, 5.41) is 0. The van der Waals surface area contributed by atoms with Crippen LogP contribution in [0.1, 0.15) is 24.8 Å². The third kappa shape index (κ3) is 3.69. The number of ether oxygens (including phenoxy) is 2. The Balaban J connectivity index is 1.96. The zero-order valence-corrected chi connectivity index (χ0v) is 11.0. The fraction of sp³-hybridized carbons (Fsp3) is 0.500. The van der Waals surface area contributed by atoms with Crippen molar-refractivity contribution in [2.75, 3.05) is 7.11 Å². The van der Waals surface area contributed by atoms with Gasteiger partial charge in [-0.1, -0.05) is 36.4 Å². The molecule has 1 saturated heterocycles. The van der Waals surface area contributed by atoms with Crippen molar-refractivity contribution in [3.05, 3.63) is 48.6 Å². The number of hydrogen-bond donors (Lipinski definition) is 0. The average molecular weight is 246 g/mol. The maximum absolute atomic E-state index is 6.11. The molecule has 18 heavy (non-hydrogen) atoms. The van der Waals surface area contributed by atoms with Gasteiger partial charge in [-0.15, -0.1) is 6.58 Å². The molecule has 2 heteroatoms. The van der Waals surface area contributed by atoms with Gasteiger partial charge in [0.05, 0.1) is 18.3 Å². The van der Waals surface area contributed by atoms with E-state index in [0.717, 1.165) is 25.7 Å². The second kappa shape index (κ2) is 6.72. The highest BCUT2D eigenvalue weighted by molar-refractivity contribution is 5.15. The number of rotatable bonds is 5. The quantitative estimate of drug-likeness (QED) is 0.742. The van der Waals surface area contributed by atoms with E-state index in [1.807, 2.05) is 12.1 Å². The number of hydrogen-bond acceptors (Lipinski definition) is 2. The topological polar surface area (TPSA) is 18.5 Å². The fourth-order valence-electron chi connectivity index (χ4n) is 2.60. The molecular formula is C16H22O2. The van der Waals surface area contributed by atoms with Gasteiger partial charge in [0.15, 0.2) is 0 Å². The Morgan fingerprint density at radius 2 is 2.00 bits per heavy atom. The second-order valence-corrected chi connectivity index (χ2v) is 4.92. The first-order valence-corrected chi connectivity index (χ1v) is 6.65. The molecule has 3 atom stereocenters. The molecule has 0 saturated carbocycles. The molecule has 1 aliphatic heterocycles. The van der Waals surface area contributed by atoms with Gasteiger partial charge in [-0.2, -0.15) is 0 Å². The van der Waals surface area contributed by atoms with Crippen molar-refractivity contribution in [2.45, 2.75) is 44.0 Å². The lowest BCUT2D eigenvalue weighted by molar-refractivity contribution is -0.103.